The Balaban J connectivity index is 2.82. The van der Waals surface area contributed by atoms with Gasteiger partial charge in [0.2, 0.25) is 0 Å². The monoisotopic (exact) mass is 262 g/mol. The lowest BCUT2D eigenvalue weighted by Gasteiger charge is -2.31. The normalized spacial score (nSPS) is 13.1. The number of aryl methyl sites for hydroxylation is 1. The van der Waals surface area contributed by atoms with Gasteiger partial charge in [0, 0.05) is 31.4 Å². The molecule has 1 aromatic rings. The number of hydrogen-bond donors (Lipinski definition) is 1. The van der Waals surface area contributed by atoms with Crippen molar-refractivity contribution in [3.8, 4) is 0 Å². The van der Waals surface area contributed by atoms with E-state index in [-0.39, 0.29) is 0 Å². The van der Waals surface area contributed by atoms with Gasteiger partial charge >= 0.3 is 0 Å². The third-order valence-corrected chi connectivity index (χ3v) is 3.93. The molecule has 1 rings (SSSR count). The molecule has 0 aromatic heterocycles. The van der Waals surface area contributed by atoms with Crippen LogP contribution in [0.2, 0.25) is 0 Å². The molecule has 0 saturated heterocycles. The van der Waals surface area contributed by atoms with Crippen LogP contribution in [0.25, 0.3) is 0 Å². The largest absolute Gasteiger partial charge is 0.371 e. The van der Waals surface area contributed by atoms with Gasteiger partial charge in [0.25, 0.3) is 0 Å². The Labute approximate surface area is 119 Å². The second kappa shape index (κ2) is 6.95. The molecule has 0 spiro atoms. The number of hydrogen-bond acceptors (Lipinski definition) is 2. The smallest absolute Gasteiger partial charge is 0.0396 e. The van der Waals surface area contributed by atoms with Gasteiger partial charge in [0.05, 0.1) is 0 Å². The van der Waals surface area contributed by atoms with Crippen LogP contribution in [0, 0.1) is 12.8 Å². The second-order valence-electron chi connectivity index (χ2n) is 6.25. The molecule has 1 unspecified atom stereocenters. The molecule has 1 aromatic carbocycles. The maximum absolute atomic E-state index is 3.47. The maximum Gasteiger partial charge on any atom is 0.0396 e. The molecule has 2 nitrogen and oxygen atoms in total. The van der Waals surface area contributed by atoms with Crippen LogP contribution in [0.15, 0.2) is 18.2 Å². The minimum absolute atomic E-state index is 0.531. The van der Waals surface area contributed by atoms with Crippen molar-refractivity contribution in [3.63, 3.8) is 0 Å². The summed E-state index contributed by atoms with van der Waals surface area (Å²) in [6.45, 7) is 14.4. The lowest BCUT2D eigenvalue weighted by molar-refractivity contribution is 0.505. The SMILES string of the molecule is Cc1cc(CNC(C)C)ccc1N(C)C(C)C(C)C. The minimum Gasteiger partial charge on any atom is -0.371 e. The molecule has 1 atom stereocenters. The molecular weight excluding hydrogens is 232 g/mol. The Morgan fingerprint density at radius 2 is 1.74 bits per heavy atom. The van der Waals surface area contributed by atoms with Crippen LogP contribution in [-0.4, -0.2) is 19.1 Å². The van der Waals surface area contributed by atoms with Gasteiger partial charge in [-0.15, -0.1) is 0 Å². The first-order chi connectivity index (χ1) is 8.82. The molecule has 19 heavy (non-hydrogen) atoms. The van der Waals surface area contributed by atoms with Gasteiger partial charge in [-0.3, -0.25) is 0 Å². The number of nitrogens with zero attached hydrogens (tertiary/aromatic N) is 1. The van der Waals surface area contributed by atoms with Gasteiger partial charge in [-0.05, 0) is 37.0 Å². The van der Waals surface area contributed by atoms with Crippen LogP contribution in [-0.2, 0) is 6.54 Å². The molecule has 0 aliphatic rings. The van der Waals surface area contributed by atoms with Crippen molar-refractivity contribution < 1.29 is 0 Å². The van der Waals surface area contributed by atoms with Gasteiger partial charge in [0.1, 0.15) is 0 Å². The number of anilines is 1. The zero-order chi connectivity index (χ0) is 14.6. The second-order valence-corrected chi connectivity index (χ2v) is 6.25. The summed E-state index contributed by atoms with van der Waals surface area (Å²) < 4.78 is 0. The summed E-state index contributed by atoms with van der Waals surface area (Å²) in [6, 6.07) is 7.88. The first kappa shape index (κ1) is 16.0. The van der Waals surface area contributed by atoms with Crippen molar-refractivity contribution in [1.29, 1.82) is 0 Å². The Morgan fingerprint density at radius 1 is 1.11 bits per heavy atom. The topological polar surface area (TPSA) is 15.3 Å². The summed E-state index contributed by atoms with van der Waals surface area (Å²) in [5.41, 5.74) is 4.06. The van der Waals surface area contributed by atoms with Crippen LogP contribution in [0.5, 0.6) is 0 Å². The van der Waals surface area contributed by atoms with Crippen molar-refractivity contribution in [2.45, 2.75) is 60.2 Å². The van der Waals surface area contributed by atoms with Crippen LogP contribution in [0.3, 0.4) is 0 Å². The van der Waals surface area contributed by atoms with Crippen molar-refractivity contribution in [1.82, 2.24) is 5.32 Å². The fourth-order valence-corrected chi connectivity index (χ4v) is 2.21. The van der Waals surface area contributed by atoms with Gasteiger partial charge < -0.3 is 10.2 Å². The number of benzene rings is 1. The van der Waals surface area contributed by atoms with Gasteiger partial charge in [-0.2, -0.15) is 0 Å². The summed E-state index contributed by atoms with van der Waals surface area (Å²) in [5.74, 6) is 0.659. The highest BCUT2D eigenvalue weighted by Crippen LogP contribution is 2.24. The van der Waals surface area contributed by atoms with Crippen molar-refractivity contribution in [2.75, 3.05) is 11.9 Å². The average Bonchev–Trinajstić information content (AvgIpc) is 2.34. The first-order valence-electron chi connectivity index (χ1n) is 7.38. The molecule has 0 radical (unpaired) electrons. The highest BCUT2D eigenvalue weighted by Gasteiger charge is 2.15. The zero-order valence-electron chi connectivity index (χ0n) is 13.6. The minimum atomic E-state index is 0.531. The van der Waals surface area contributed by atoms with Crippen LogP contribution >= 0.6 is 0 Å². The molecule has 108 valence electrons. The number of rotatable bonds is 6. The van der Waals surface area contributed by atoms with E-state index in [1.807, 2.05) is 0 Å². The van der Waals surface area contributed by atoms with Gasteiger partial charge in [-0.25, -0.2) is 0 Å². The third kappa shape index (κ3) is 4.54. The molecule has 0 amide bonds. The molecule has 1 N–H and O–H groups in total. The molecule has 0 aliphatic heterocycles. The first-order valence-corrected chi connectivity index (χ1v) is 7.38. The van der Waals surface area contributed by atoms with Gasteiger partial charge in [0.15, 0.2) is 0 Å². The molecular formula is C17H30N2. The fraction of sp³-hybridized carbons (Fsp3) is 0.647. The molecule has 0 fully saturated rings. The van der Waals surface area contributed by atoms with E-state index in [1.54, 1.807) is 0 Å². The number of nitrogens with one attached hydrogen (secondary N) is 1. The standard InChI is InChI=1S/C17H30N2/c1-12(2)15(6)19(7)17-9-8-16(10-14(17)5)11-18-13(3)4/h8-10,12-13,15,18H,11H2,1-7H3. The van der Waals surface area contributed by atoms with Crippen LogP contribution in [0.1, 0.15) is 45.7 Å². The van der Waals surface area contributed by atoms with E-state index < -0.39 is 0 Å². The lowest BCUT2D eigenvalue weighted by Crippen LogP contribution is -2.33. The Hall–Kier alpha value is -1.02. The predicted octanol–water partition coefficient (Wildman–Crippen LogP) is 3.97. The fourth-order valence-electron chi connectivity index (χ4n) is 2.21. The predicted molar refractivity (Wildman–Crippen MR) is 85.9 cm³/mol. The molecule has 0 bridgehead atoms. The van der Waals surface area contributed by atoms with Crippen molar-refractivity contribution >= 4 is 5.69 Å². The zero-order valence-corrected chi connectivity index (χ0v) is 13.6. The summed E-state index contributed by atoms with van der Waals surface area (Å²) in [5, 5.41) is 3.47. The summed E-state index contributed by atoms with van der Waals surface area (Å²) in [4.78, 5) is 2.39. The quantitative estimate of drug-likeness (QED) is 0.834. The highest BCUT2D eigenvalue weighted by atomic mass is 15.1. The van der Waals surface area contributed by atoms with E-state index in [0.717, 1.165) is 6.54 Å². The maximum atomic E-state index is 3.47. The van der Waals surface area contributed by atoms with E-state index in [2.05, 4.69) is 77.0 Å². The Kier molecular flexibility index (Phi) is 5.86. The Morgan fingerprint density at radius 3 is 2.21 bits per heavy atom. The average molecular weight is 262 g/mol. The van der Waals surface area contributed by atoms with E-state index in [4.69, 9.17) is 0 Å². The van der Waals surface area contributed by atoms with Crippen LogP contribution in [0.4, 0.5) is 5.69 Å². The molecule has 0 aliphatic carbocycles. The van der Waals surface area contributed by atoms with Crippen molar-refractivity contribution in [3.05, 3.63) is 29.3 Å². The van der Waals surface area contributed by atoms with Gasteiger partial charge in [-0.1, -0.05) is 39.8 Å². The Bertz CT molecular complexity index is 396. The van der Waals surface area contributed by atoms with Crippen molar-refractivity contribution in [2.24, 2.45) is 5.92 Å². The molecule has 0 heterocycles. The van der Waals surface area contributed by atoms with E-state index >= 15 is 0 Å². The molecule has 0 saturated carbocycles. The van der Waals surface area contributed by atoms with E-state index in [0.29, 0.717) is 18.0 Å². The highest BCUT2D eigenvalue weighted by molar-refractivity contribution is 5.54. The summed E-state index contributed by atoms with van der Waals surface area (Å²) in [7, 11) is 2.19. The van der Waals surface area contributed by atoms with E-state index in [1.165, 1.54) is 16.8 Å². The third-order valence-electron chi connectivity index (χ3n) is 3.93. The lowest BCUT2D eigenvalue weighted by atomic mass is 10.0. The summed E-state index contributed by atoms with van der Waals surface area (Å²) in [6.07, 6.45) is 0. The summed E-state index contributed by atoms with van der Waals surface area (Å²) >= 11 is 0. The molecule has 2 heteroatoms. The van der Waals surface area contributed by atoms with E-state index in [9.17, 15) is 0 Å². The van der Waals surface area contributed by atoms with Crippen LogP contribution < -0.4 is 10.2 Å².